The Balaban J connectivity index is 1.73. The van der Waals surface area contributed by atoms with E-state index in [9.17, 15) is 4.79 Å². The fourth-order valence-corrected chi connectivity index (χ4v) is 2.60. The van der Waals surface area contributed by atoms with E-state index in [4.69, 9.17) is 15.2 Å². The number of carbonyl (C=O) groups is 1. The molecule has 1 unspecified atom stereocenters. The largest absolute Gasteiger partial charge is 0.454 e. The van der Waals surface area contributed by atoms with Crippen molar-refractivity contribution in [3.8, 4) is 11.5 Å². The van der Waals surface area contributed by atoms with Gasteiger partial charge in [-0.05, 0) is 30.2 Å². The minimum atomic E-state index is -0.648. The van der Waals surface area contributed by atoms with Gasteiger partial charge in [0.25, 0.3) is 0 Å². The van der Waals surface area contributed by atoms with Crippen LogP contribution in [0.4, 0.5) is 0 Å². The molecule has 1 amide bonds. The Morgan fingerprint density at radius 2 is 1.91 bits per heavy atom. The summed E-state index contributed by atoms with van der Waals surface area (Å²) in [5.74, 6) is 1.37. The normalized spacial score (nSPS) is 13.7. The zero-order chi connectivity index (χ0) is 16.2. The van der Waals surface area contributed by atoms with E-state index in [2.05, 4.69) is 0 Å². The molecule has 0 aliphatic carbocycles. The highest BCUT2D eigenvalue weighted by Crippen LogP contribution is 2.32. The van der Waals surface area contributed by atoms with Crippen LogP contribution >= 0.6 is 0 Å². The second-order valence-electron chi connectivity index (χ2n) is 5.43. The van der Waals surface area contributed by atoms with Gasteiger partial charge >= 0.3 is 0 Å². The van der Waals surface area contributed by atoms with Crippen LogP contribution in [0.5, 0.6) is 11.5 Å². The second-order valence-corrected chi connectivity index (χ2v) is 5.43. The molecule has 0 saturated carbocycles. The molecule has 5 heteroatoms. The van der Waals surface area contributed by atoms with Crippen LogP contribution in [-0.4, -0.2) is 24.1 Å². The first kappa shape index (κ1) is 15.4. The Morgan fingerprint density at radius 3 is 2.65 bits per heavy atom. The number of benzene rings is 2. The predicted octanol–water partition coefficient (Wildman–Crippen LogP) is 2.46. The van der Waals surface area contributed by atoms with Gasteiger partial charge in [0.05, 0.1) is 0 Å². The quantitative estimate of drug-likeness (QED) is 0.921. The minimum absolute atomic E-state index is 0.0867. The molecular weight excluding hydrogens is 292 g/mol. The third kappa shape index (κ3) is 3.29. The van der Waals surface area contributed by atoms with Crippen LogP contribution in [-0.2, 0) is 11.3 Å². The standard InChI is InChI=1S/C18H20N2O3/c1-2-20(18(21)17(19)14-6-4-3-5-7-14)11-13-8-9-15-16(10-13)23-12-22-15/h3-10,17H,2,11-12,19H2,1H3. The zero-order valence-corrected chi connectivity index (χ0v) is 13.1. The summed E-state index contributed by atoms with van der Waals surface area (Å²) < 4.78 is 10.7. The SMILES string of the molecule is CCN(Cc1ccc2c(c1)OCO2)C(=O)C(N)c1ccccc1. The maximum atomic E-state index is 12.7. The van der Waals surface area contributed by atoms with Crippen molar-refractivity contribution in [1.82, 2.24) is 4.90 Å². The van der Waals surface area contributed by atoms with Crippen molar-refractivity contribution in [3.63, 3.8) is 0 Å². The van der Waals surface area contributed by atoms with Crippen LogP contribution in [0.1, 0.15) is 24.1 Å². The average molecular weight is 312 g/mol. The van der Waals surface area contributed by atoms with E-state index in [0.717, 1.165) is 22.6 Å². The summed E-state index contributed by atoms with van der Waals surface area (Å²) in [5.41, 5.74) is 7.93. The van der Waals surface area contributed by atoms with Gasteiger partial charge in [0.2, 0.25) is 12.7 Å². The number of hydrogen-bond acceptors (Lipinski definition) is 4. The van der Waals surface area contributed by atoms with E-state index in [1.807, 2.05) is 55.5 Å². The Kier molecular flexibility index (Phi) is 4.48. The Morgan fingerprint density at radius 1 is 1.17 bits per heavy atom. The summed E-state index contributed by atoms with van der Waals surface area (Å²) in [6, 6.07) is 14.5. The van der Waals surface area contributed by atoms with Gasteiger partial charge < -0.3 is 20.1 Å². The van der Waals surface area contributed by atoms with Crippen molar-refractivity contribution in [2.45, 2.75) is 19.5 Å². The van der Waals surface area contributed by atoms with Crippen molar-refractivity contribution in [1.29, 1.82) is 0 Å². The van der Waals surface area contributed by atoms with E-state index in [0.29, 0.717) is 13.1 Å². The average Bonchev–Trinajstić information content (AvgIpc) is 3.07. The van der Waals surface area contributed by atoms with Crippen LogP contribution in [0.25, 0.3) is 0 Å². The summed E-state index contributed by atoms with van der Waals surface area (Å²) in [6.45, 7) is 3.27. The van der Waals surface area contributed by atoms with Crippen molar-refractivity contribution in [2.24, 2.45) is 5.73 Å². The maximum absolute atomic E-state index is 12.7. The number of nitrogens with two attached hydrogens (primary N) is 1. The van der Waals surface area contributed by atoms with Gasteiger partial charge in [-0.15, -0.1) is 0 Å². The lowest BCUT2D eigenvalue weighted by molar-refractivity contribution is -0.133. The summed E-state index contributed by atoms with van der Waals surface area (Å²) in [5, 5.41) is 0. The topological polar surface area (TPSA) is 64.8 Å². The van der Waals surface area contributed by atoms with Crippen LogP contribution in [0, 0.1) is 0 Å². The molecule has 2 aromatic rings. The molecule has 1 heterocycles. The molecule has 0 radical (unpaired) electrons. The molecule has 0 fully saturated rings. The summed E-state index contributed by atoms with van der Waals surface area (Å²) in [7, 11) is 0. The van der Waals surface area contributed by atoms with Crippen LogP contribution in [0.2, 0.25) is 0 Å². The molecule has 120 valence electrons. The van der Waals surface area contributed by atoms with Crippen molar-refractivity contribution in [2.75, 3.05) is 13.3 Å². The van der Waals surface area contributed by atoms with Crippen LogP contribution < -0.4 is 15.2 Å². The molecule has 2 N–H and O–H groups in total. The number of amides is 1. The van der Waals surface area contributed by atoms with Crippen LogP contribution in [0.3, 0.4) is 0 Å². The van der Waals surface area contributed by atoms with Gasteiger partial charge in [0.15, 0.2) is 11.5 Å². The lowest BCUT2D eigenvalue weighted by Crippen LogP contribution is -2.38. The van der Waals surface area contributed by atoms with E-state index < -0.39 is 6.04 Å². The first-order valence-electron chi connectivity index (χ1n) is 7.67. The lowest BCUT2D eigenvalue weighted by atomic mass is 10.1. The van der Waals surface area contributed by atoms with Crippen molar-refractivity contribution < 1.29 is 14.3 Å². The predicted molar refractivity (Wildman–Crippen MR) is 87.0 cm³/mol. The number of likely N-dealkylation sites (N-methyl/N-ethyl adjacent to an activating group) is 1. The Hall–Kier alpha value is -2.53. The fourth-order valence-electron chi connectivity index (χ4n) is 2.60. The molecule has 1 atom stereocenters. The molecular formula is C18H20N2O3. The van der Waals surface area contributed by atoms with Crippen molar-refractivity contribution in [3.05, 3.63) is 59.7 Å². The third-order valence-corrected chi connectivity index (χ3v) is 3.93. The molecule has 2 aromatic carbocycles. The number of ether oxygens (including phenoxy) is 2. The molecule has 23 heavy (non-hydrogen) atoms. The smallest absolute Gasteiger partial charge is 0.244 e. The second kappa shape index (κ2) is 6.71. The monoisotopic (exact) mass is 312 g/mol. The number of fused-ring (bicyclic) bond motifs is 1. The number of rotatable bonds is 5. The van der Waals surface area contributed by atoms with E-state index in [1.54, 1.807) is 4.90 Å². The van der Waals surface area contributed by atoms with Gasteiger partial charge in [0.1, 0.15) is 6.04 Å². The van der Waals surface area contributed by atoms with E-state index >= 15 is 0 Å². The van der Waals surface area contributed by atoms with E-state index in [-0.39, 0.29) is 12.7 Å². The first-order chi connectivity index (χ1) is 11.2. The van der Waals surface area contributed by atoms with Gasteiger partial charge in [-0.3, -0.25) is 4.79 Å². The summed E-state index contributed by atoms with van der Waals surface area (Å²) in [4.78, 5) is 14.4. The molecule has 5 nitrogen and oxygen atoms in total. The number of nitrogens with zero attached hydrogens (tertiary/aromatic N) is 1. The lowest BCUT2D eigenvalue weighted by Gasteiger charge is -2.24. The highest BCUT2D eigenvalue weighted by Gasteiger charge is 2.22. The van der Waals surface area contributed by atoms with E-state index in [1.165, 1.54) is 0 Å². The van der Waals surface area contributed by atoms with Gasteiger partial charge in [-0.2, -0.15) is 0 Å². The van der Waals surface area contributed by atoms with Gasteiger partial charge in [-0.25, -0.2) is 0 Å². The molecule has 0 aromatic heterocycles. The summed E-state index contributed by atoms with van der Waals surface area (Å²) in [6.07, 6.45) is 0. The number of hydrogen-bond donors (Lipinski definition) is 1. The Bertz CT molecular complexity index is 688. The number of carbonyl (C=O) groups excluding carboxylic acids is 1. The molecule has 0 bridgehead atoms. The molecule has 0 spiro atoms. The molecule has 3 rings (SSSR count). The van der Waals surface area contributed by atoms with Gasteiger partial charge in [-0.1, -0.05) is 36.4 Å². The molecule has 1 aliphatic rings. The zero-order valence-electron chi connectivity index (χ0n) is 13.1. The Labute approximate surface area is 135 Å². The molecule has 1 aliphatic heterocycles. The van der Waals surface area contributed by atoms with Crippen LogP contribution in [0.15, 0.2) is 48.5 Å². The van der Waals surface area contributed by atoms with Crippen molar-refractivity contribution >= 4 is 5.91 Å². The third-order valence-electron chi connectivity index (χ3n) is 3.93. The highest BCUT2D eigenvalue weighted by molar-refractivity contribution is 5.83. The maximum Gasteiger partial charge on any atom is 0.244 e. The van der Waals surface area contributed by atoms with Gasteiger partial charge in [0, 0.05) is 13.1 Å². The highest BCUT2D eigenvalue weighted by atomic mass is 16.7. The first-order valence-corrected chi connectivity index (χ1v) is 7.67. The summed E-state index contributed by atoms with van der Waals surface area (Å²) >= 11 is 0. The fraction of sp³-hybridized carbons (Fsp3) is 0.278. The minimum Gasteiger partial charge on any atom is -0.454 e. The molecule has 0 saturated heterocycles.